The number of nitrogens with one attached hydrogen (secondary N) is 1. The molecular weight excluding hydrogens is 293 g/mol. The van der Waals surface area contributed by atoms with E-state index in [1.54, 1.807) is 6.33 Å². The number of aromatic nitrogens is 3. The van der Waals surface area contributed by atoms with Crippen LogP contribution >= 0.6 is 0 Å². The van der Waals surface area contributed by atoms with Gasteiger partial charge in [0.2, 0.25) is 0 Å². The van der Waals surface area contributed by atoms with Crippen molar-refractivity contribution >= 4 is 22.5 Å². The zero-order valence-electron chi connectivity index (χ0n) is 12.7. The van der Waals surface area contributed by atoms with Crippen LogP contribution in [0.4, 0.5) is 15.9 Å². The molecule has 0 unspecified atom stereocenters. The van der Waals surface area contributed by atoms with E-state index in [-0.39, 0.29) is 5.82 Å². The second kappa shape index (κ2) is 5.87. The van der Waals surface area contributed by atoms with E-state index < -0.39 is 0 Å². The summed E-state index contributed by atoms with van der Waals surface area (Å²) in [6.45, 7) is 3.69. The standard InChI is InChI=1S/C17H18FN5/c18-13-2-4-14(5-3-13)22-8-1-9-23(11-10-22)17-15-6-7-19-16(15)20-12-21-17/h2-7,12H,1,8-11H2,(H,19,20,21). The smallest absolute Gasteiger partial charge is 0.142 e. The Labute approximate surface area is 133 Å². The Morgan fingerprint density at radius 2 is 1.70 bits per heavy atom. The number of benzene rings is 1. The molecule has 2 aromatic heterocycles. The van der Waals surface area contributed by atoms with E-state index in [2.05, 4.69) is 24.8 Å². The lowest BCUT2D eigenvalue weighted by Crippen LogP contribution is -2.31. The SMILES string of the molecule is Fc1ccc(N2CCCN(c3ncnc4[nH]ccc34)CC2)cc1. The zero-order valence-corrected chi connectivity index (χ0v) is 12.7. The Hall–Kier alpha value is -2.63. The molecule has 0 atom stereocenters. The molecule has 0 amide bonds. The number of fused-ring (bicyclic) bond motifs is 1. The first-order valence-electron chi connectivity index (χ1n) is 7.85. The fourth-order valence-corrected chi connectivity index (χ4v) is 3.15. The number of aromatic amines is 1. The molecule has 3 aromatic rings. The fraction of sp³-hybridized carbons (Fsp3) is 0.294. The first-order valence-corrected chi connectivity index (χ1v) is 7.85. The highest BCUT2D eigenvalue weighted by Crippen LogP contribution is 2.24. The van der Waals surface area contributed by atoms with Crippen molar-refractivity contribution < 1.29 is 4.39 Å². The zero-order chi connectivity index (χ0) is 15.6. The van der Waals surface area contributed by atoms with E-state index in [4.69, 9.17) is 0 Å². The Morgan fingerprint density at radius 3 is 2.57 bits per heavy atom. The molecule has 0 spiro atoms. The molecule has 4 rings (SSSR count). The van der Waals surface area contributed by atoms with Gasteiger partial charge < -0.3 is 14.8 Å². The van der Waals surface area contributed by atoms with Gasteiger partial charge in [0, 0.05) is 38.1 Å². The van der Waals surface area contributed by atoms with Crippen LogP contribution < -0.4 is 9.80 Å². The average molecular weight is 311 g/mol. The minimum Gasteiger partial charge on any atom is -0.370 e. The van der Waals surface area contributed by atoms with E-state index in [9.17, 15) is 4.39 Å². The summed E-state index contributed by atoms with van der Waals surface area (Å²) < 4.78 is 13.1. The van der Waals surface area contributed by atoms with Crippen molar-refractivity contribution in [3.63, 3.8) is 0 Å². The lowest BCUT2D eigenvalue weighted by molar-refractivity contribution is 0.627. The van der Waals surface area contributed by atoms with Crippen LogP contribution in [0.15, 0.2) is 42.9 Å². The highest BCUT2D eigenvalue weighted by atomic mass is 19.1. The van der Waals surface area contributed by atoms with Gasteiger partial charge in [0.1, 0.15) is 23.6 Å². The van der Waals surface area contributed by atoms with Gasteiger partial charge in [0.15, 0.2) is 0 Å². The Bertz CT molecular complexity index is 798. The molecule has 1 fully saturated rings. The van der Waals surface area contributed by atoms with Crippen molar-refractivity contribution in [1.82, 2.24) is 15.0 Å². The topological polar surface area (TPSA) is 48.1 Å². The number of rotatable bonds is 2. The van der Waals surface area contributed by atoms with E-state index in [0.29, 0.717) is 0 Å². The molecular formula is C17H18FN5. The van der Waals surface area contributed by atoms with Crippen LogP contribution in [0.1, 0.15) is 6.42 Å². The summed E-state index contributed by atoms with van der Waals surface area (Å²) in [7, 11) is 0. The molecule has 6 heteroatoms. The number of H-pyrrole nitrogens is 1. The fourth-order valence-electron chi connectivity index (χ4n) is 3.15. The summed E-state index contributed by atoms with van der Waals surface area (Å²) in [5, 5.41) is 1.06. The van der Waals surface area contributed by atoms with Crippen LogP contribution in [0.3, 0.4) is 0 Å². The largest absolute Gasteiger partial charge is 0.370 e. The summed E-state index contributed by atoms with van der Waals surface area (Å²) in [5.41, 5.74) is 1.94. The predicted molar refractivity (Wildman–Crippen MR) is 89.3 cm³/mol. The van der Waals surface area contributed by atoms with Crippen molar-refractivity contribution in [2.24, 2.45) is 0 Å². The summed E-state index contributed by atoms with van der Waals surface area (Å²) in [6.07, 6.45) is 4.54. The quantitative estimate of drug-likeness (QED) is 0.790. The Morgan fingerprint density at radius 1 is 0.913 bits per heavy atom. The van der Waals surface area contributed by atoms with Crippen molar-refractivity contribution in [1.29, 1.82) is 0 Å². The lowest BCUT2D eigenvalue weighted by Gasteiger charge is -2.24. The van der Waals surface area contributed by atoms with Gasteiger partial charge in [0.25, 0.3) is 0 Å². The molecule has 0 radical (unpaired) electrons. The molecule has 1 aromatic carbocycles. The number of nitrogens with zero attached hydrogens (tertiary/aromatic N) is 4. The van der Waals surface area contributed by atoms with E-state index in [0.717, 1.165) is 55.1 Å². The molecule has 0 saturated carbocycles. The van der Waals surface area contributed by atoms with Gasteiger partial charge in [0.05, 0.1) is 5.39 Å². The highest BCUT2D eigenvalue weighted by molar-refractivity contribution is 5.87. The van der Waals surface area contributed by atoms with Crippen LogP contribution in [-0.4, -0.2) is 41.1 Å². The predicted octanol–water partition coefficient (Wildman–Crippen LogP) is 2.81. The van der Waals surface area contributed by atoms with Gasteiger partial charge >= 0.3 is 0 Å². The van der Waals surface area contributed by atoms with Gasteiger partial charge in [-0.05, 0) is 36.8 Å². The van der Waals surface area contributed by atoms with E-state index >= 15 is 0 Å². The summed E-state index contributed by atoms with van der Waals surface area (Å²) in [6, 6.07) is 8.75. The molecule has 1 aliphatic heterocycles. The minimum atomic E-state index is -0.193. The number of anilines is 2. The van der Waals surface area contributed by atoms with Crippen LogP contribution in [0, 0.1) is 5.82 Å². The number of halogens is 1. The Kier molecular flexibility index (Phi) is 3.57. The van der Waals surface area contributed by atoms with E-state index in [1.165, 1.54) is 12.1 Å². The normalized spacial score (nSPS) is 15.9. The third-order valence-corrected chi connectivity index (χ3v) is 4.32. The summed E-state index contributed by atoms with van der Waals surface area (Å²) >= 11 is 0. The molecule has 1 saturated heterocycles. The lowest BCUT2D eigenvalue weighted by atomic mass is 10.2. The van der Waals surface area contributed by atoms with Gasteiger partial charge in [-0.1, -0.05) is 0 Å². The maximum absolute atomic E-state index is 13.1. The maximum atomic E-state index is 13.1. The van der Waals surface area contributed by atoms with Crippen molar-refractivity contribution in [2.75, 3.05) is 36.0 Å². The molecule has 1 N–H and O–H groups in total. The first-order chi connectivity index (χ1) is 11.3. The minimum absolute atomic E-state index is 0.193. The molecule has 1 aliphatic rings. The highest BCUT2D eigenvalue weighted by Gasteiger charge is 2.18. The first kappa shape index (κ1) is 14.0. The second-order valence-electron chi connectivity index (χ2n) is 5.74. The van der Waals surface area contributed by atoms with Gasteiger partial charge in [-0.2, -0.15) is 0 Å². The molecule has 5 nitrogen and oxygen atoms in total. The third-order valence-electron chi connectivity index (χ3n) is 4.32. The van der Waals surface area contributed by atoms with Crippen LogP contribution in [0.5, 0.6) is 0 Å². The van der Waals surface area contributed by atoms with Crippen molar-refractivity contribution in [3.05, 3.63) is 48.7 Å². The maximum Gasteiger partial charge on any atom is 0.142 e. The average Bonchev–Trinajstić information content (AvgIpc) is 2.93. The van der Waals surface area contributed by atoms with Crippen LogP contribution in [-0.2, 0) is 0 Å². The number of hydrogen-bond donors (Lipinski definition) is 1. The molecule has 23 heavy (non-hydrogen) atoms. The van der Waals surface area contributed by atoms with Crippen LogP contribution in [0.25, 0.3) is 11.0 Å². The molecule has 0 bridgehead atoms. The molecule has 0 aliphatic carbocycles. The second-order valence-corrected chi connectivity index (χ2v) is 5.74. The van der Waals surface area contributed by atoms with E-state index in [1.807, 2.05) is 24.4 Å². The van der Waals surface area contributed by atoms with Gasteiger partial charge in [-0.15, -0.1) is 0 Å². The summed E-state index contributed by atoms with van der Waals surface area (Å²) in [5.74, 6) is 0.790. The van der Waals surface area contributed by atoms with Gasteiger partial charge in [-0.3, -0.25) is 0 Å². The third kappa shape index (κ3) is 2.72. The van der Waals surface area contributed by atoms with Crippen molar-refractivity contribution in [3.8, 4) is 0 Å². The monoisotopic (exact) mass is 311 g/mol. The summed E-state index contributed by atoms with van der Waals surface area (Å²) in [4.78, 5) is 16.5. The van der Waals surface area contributed by atoms with Gasteiger partial charge in [-0.25, -0.2) is 14.4 Å². The van der Waals surface area contributed by atoms with Crippen molar-refractivity contribution in [2.45, 2.75) is 6.42 Å². The van der Waals surface area contributed by atoms with Crippen LogP contribution in [0.2, 0.25) is 0 Å². The molecule has 3 heterocycles. The molecule has 118 valence electrons. The number of hydrogen-bond acceptors (Lipinski definition) is 4. The Balaban J connectivity index is 1.55.